The number of fused-ring (bicyclic) bond motifs is 1. The van der Waals surface area contributed by atoms with Crippen molar-refractivity contribution in [2.45, 2.75) is 0 Å². The number of hydrogen-bond donors (Lipinski definition) is 0. The Balaban J connectivity index is 1.99. The molecule has 2 heterocycles. The molecule has 0 amide bonds. The van der Waals surface area contributed by atoms with Crippen molar-refractivity contribution in [2.24, 2.45) is 0 Å². The van der Waals surface area contributed by atoms with Crippen LogP contribution in [0.1, 0.15) is 0 Å². The van der Waals surface area contributed by atoms with E-state index in [2.05, 4.69) is 9.97 Å². The molecule has 0 aliphatic carbocycles. The van der Waals surface area contributed by atoms with Crippen molar-refractivity contribution < 1.29 is 9.13 Å². The van der Waals surface area contributed by atoms with E-state index in [1.807, 2.05) is 11.4 Å². The summed E-state index contributed by atoms with van der Waals surface area (Å²) in [5.41, 5.74) is 0. The molecular formula is C12H7FN2OS. The lowest BCUT2D eigenvalue weighted by atomic mass is 10.3. The molecule has 0 saturated heterocycles. The minimum atomic E-state index is -0.291. The molecule has 1 aromatic carbocycles. The molecule has 0 aliphatic rings. The maximum absolute atomic E-state index is 12.7. The van der Waals surface area contributed by atoms with E-state index in [0.717, 1.165) is 10.2 Å². The number of nitrogens with zero attached hydrogens (tertiary/aromatic N) is 2. The molecule has 5 heteroatoms. The normalized spacial score (nSPS) is 10.6. The fourth-order valence-corrected chi connectivity index (χ4v) is 2.19. The molecule has 0 radical (unpaired) electrons. The number of ether oxygens (including phenoxy) is 1. The largest absolute Gasteiger partial charge is 0.438 e. The highest BCUT2D eigenvalue weighted by Gasteiger charge is 2.06. The van der Waals surface area contributed by atoms with E-state index in [-0.39, 0.29) is 5.82 Å². The zero-order valence-corrected chi connectivity index (χ0v) is 9.45. The van der Waals surface area contributed by atoms with Gasteiger partial charge in [-0.25, -0.2) is 14.4 Å². The zero-order valence-electron chi connectivity index (χ0n) is 8.63. The number of aromatic nitrogens is 2. The number of halogens is 1. The summed E-state index contributed by atoms with van der Waals surface area (Å²) in [7, 11) is 0. The van der Waals surface area contributed by atoms with Crippen LogP contribution < -0.4 is 4.74 Å². The van der Waals surface area contributed by atoms with E-state index < -0.39 is 0 Å². The average molecular weight is 246 g/mol. The zero-order chi connectivity index (χ0) is 11.7. The first-order valence-electron chi connectivity index (χ1n) is 4.94. The summed E-state index contributed by atoms with van der Waals surface area (Å²) in [4.78, 5) is 9.07. The van der Waals surface area contributed by atoms with E-state index in [9.17, 15) is 4.39 Å². The molecule has 84 valence electrons. The van der Waals surface area contributed by atoms with Gasteiger partial charge in [0.05, 0.1) is 5.39 Å². The Hall–Kier alpha value is -2.01. The van der Waals surface area contributed by atoms with Gasteiger partial charge in [-0.1, -0.05) is 0 Å². The molecule has 0 N–H and O–H groups in total. The van der Waals surface area contributed by atoms with Crippen LogP contribution in [-0.4, -0.2) is 9.97 Å². The van der Waals surface area contributed by atoms with Crippen molar-refractivity contribution in [3.63, 3.8) is 0 Å². The van der Waals surface area contributed by atoms with E-state index in [1.54, 1.807) is 12.1 Å². The van der Waals surface area contributed by atoms with Crippen LogP contribution in [0.2, 0.25) is 0 Å². The van der Waals surface area contributed by atoms with E-state index in [0.29, 0.717) is 11.6 Å². The third kappa shape index (κ3) is 1.97. The van der Waals surface area contributed by atoms with Gasteiger partial charge in [0.1, 0.15) is 22.7 Å². The van der Waals surface area contributed by atoms with Gasteiger partial charge in [-0.3, -0.25) is 0 Å². The van der Waals surface area contributed by atoms with Gasteiger partial charge in [0.25, 0.3) is 0 Å². The third-order valence-electron chi connectivity index (χ3n) is 2.25. The Morgan fingerprint density at radius 2 is 1.88 bits per heavy atom. The number of thiophene rings is 1. The van der Waals surface area contributed by atoms with Gasteiger partial charge >= 0.3 is 0 Å². The third-order valence-corrected chi connectivity index (χ3v) is 3.07. The first kappa shape index (κ1) is 10.2. The van der Waals surface area contributed by atoms with E-state index in [4.69, 9.17) is 4.74 Å². The van der Waals surface area contributed by atoms with Gasteiger partial charge in [-0.15, -0.1) is 11.3 Å². The Labute approximate surface area is 101 Å². The SMILES string of the molecule is Fc1ccc(Oc2ncnc3sccc23)cc1. The van der Waals surface area contributed by atoms with Crippen molar-refractivity contribution in [3.8, 4) is 11.6 Å². The van der Waals surface area contributed by atoms with E-state index >= 15 is 0 Å². The Kier molecular flexibility index (Phi) is 2.45. The predicted octanol–water partition coefficient (Wildman–Crippen LogP) is 3.62. The molecule has 0 bridgehead atoms. The minimum Gasteiger partial charge on any atom is -0.438 e. The van der Waals surface area contributed by atoms with Crippen molar-refractivity contribution in [3.05, 3.63) is 47.9 Å². The highest BCUT2D eigenvalue weighted by atomic mass is 32.1. The average Bonchev–Trinajstić information content (AvgIpc) is 2.81. The van der Waals surface area contributed by atoms with Crippen LogP contribution in [0, 0.1) is 5.82 Å². The summed E-state index contributed by atoms with van der Waals surface area (Å²) in [6.45, 7) is 0. The Bertz CT molecular complexity index is 651. The molecule has 0 saturated carbocycles. The molecule has 0 atom stereocenters. The second-order valence-corrected chi connectivity index (χ2v) is 4.27. The monoisotopic (exact) mass is 246 g/mol. The molecule has 3 rings (SSSR count). The highest BCUT2D eigenvalue weighted by molar-refractivity contribution is 7.16. The highest BCUT2D eigenvalue weighted by Crippen LogP contribution is 2.29. The molecule has 17 heavy (non-hydrogen) atoms. The number of hydrogen-bond acceptors (Lipinski definition) is 4. The first-order valence-corrected chi connectivity index (χ1v) is 5.82. The summed E-state index contributed by atoms with van der Waals surface area (Å²) in [5, 5.41) is 2.79. The summed E-state index contributed by atoms with van der Waals surface area (Å²) in [6.07, 6.45) is 1.46. The number of benzene rings is 1. The van der Waals surface area contributed by atoms with Gasteiger partial charge in [-0.05, 0) is 35.7 Å². The smallest absolute Gasteiger partial charge is 0.231 e. The van der Waals surface area contributed by atoms with Crippen molar-refractivity contribution in [1.29, 1.82) is 0 Å². The van der Waals surface area contributed by atoms with Crippen LogP contribution in [0.5, 0.6) is 11.6 Å². The van der Waals surface area contributed by atoms with Crippen LogP contribution in [-0.2, 0) is 0 Å². The maximum Gasteiger partial charge on any atom is 0.231 e. The topological polar surface area (TPSA) is 35.0 Å². The van der Waals surface area contributed by atoms with Gasteiger partial charge in [-0.2, -0.15) is 0 Å². The Morgan fingerprint density at radius 3 is 2.71 bits per heavy atom. The minimum absolute atomic E-state index is 0.291. The molecular weight excluding hydrogens is 239 g/mol. The predicted molar refractivity (Wildman–Crippen MR) is 63.9 cm³/mol. The maximum atomic E-state index is 12.7. The first-order chi connectivity index (χ1) is 8.33. The fraction of sp³-hybridized carbons (Fsp3) is 0. The molecule has 3 aromatic rings. The van der Waals surface area contributed by atoms with E-state index in [1.165, 1.54) is 29.8 Å². The molecule has 0 fully saturated rings. The molecule has 3 nitrogen and oxygen atoms in total. The quantitative estimate of drug-likeness (QED) is 0.692. The lowest BCUT2D eigenvalue weighted by Gasteiger charge is -2.04. The fourth-order valence-electron chi connectivity index (χ4n) is 1.46. The van der Waals surface area contributed by atoms with Crippen molar-refractivity contribution in [1.82, 2.24) is 9.97 Å². The summed E-state index contributed by atoms with van der Waals surface area (Å²) < 4.78 is 18.3. The van der Waals surface area contributed by atoms with Gasteiger partial charge in [0.2, 0.25) is 5.88 Å². The molecule has 0 unspecified atom stereocenters. The van der Waals surface area contributed by atoms with Gasteiger partial charge < -0.3 is 4.74 Å². The summed E-state index contributed by atoms with van der Waals surface area (Å²) >= 11 is 1.52. The van der Waals surface area contributed by atoms with Crippen LogP contribution >= 0.6 is 11.3 Å². The lowest BCUT2D eigenvalue weighted by molar-refractivity contribution is 0.466. The Morgan fingerprint density at radius 1 is 1.06 bits per heavy atom. The molecule has 2 aromatic heterocycles. The van der Waals surface area contributed by atoms with Gasteiger partial charge in [0, 0.05) is 0 Å². The van der Waals surface area contributed by atoms with Crippen LogP contribution in [0.15, 0.2) is 42.0 Å². The second-order valence-electron chi connectivity index (χ2n) is 3.37. The van der Waals surface area contributed by atoms with Gasteiger partial charge in [0.15, 0.2) is 0 Å². The standard InChI is InChI=1S/C12H7FN2OS/c13-8-1-3-9(4-2-8)16-11-10-5-6-17-12(10)15-7-14-11/h1-7H. The molecule has 0 aliphatic heterocycles. The summed E-state index contributed by atoms with van der Waals surface area (Å²) in [5.74, 6) is 0.751. The second kappa shape index (κ2) is 4.10. The lowest BCUT2D eigenvalue weighted by Crippen LogP contribution is -1.89. The van der Waals surface area contributed by atoms with Crippen molar-refractivity contribution in [2.75, 3.05) is 0 Å². The van der Waals surface area contributed by atoms with Crippen LogP contribution in [0.25, 0.3) is 10.2 Å². The van der Waals surface area contributed by atoms with Crippen molar-refractivity contribution >= 4 is 21.6 Å². The number of rotatable bonds is 2. The van der Waals surface area contributed by atoms with Crippen LogP contribution in [0.3, 0.4) is 0 Å². The molecule has 0 spiro atoms. The summed E-state index contributed by atoms with van der Waals surface area (Å²) in [6, 6.07) is 7.73. The van der Waals surface area contributed by atoms with Crippen LogP contribution in [0.4, 0.5) is 4.39 Å².